The first-order valence-electron chi connectivity index (χ1n) is 12.3. The summed E-state index contributed by atoms with van der Waals surface area (Å²) < 4.78 is 41.1. The highest BCUT2D eigenvalue weighted by atomic mass is 19.4. The number of aliphatic hydroxyl groups is 1. The van der Waals surface area contributed by atoms with Crippen molar-refractivity contribution in [2.24, 2.45) is 0 Å². The summed E-state index contributed by atoms with van der Waals surface area (Å²) in [7, 11) is 0. The van der Waals surface area contributed by atoms with Crippen molar-refractivity contribution in [3.8, 4) is 23.0 Å². The van der Waals surface area contributed by atoms with Crippen LogP contribution in [0.3, 0.4) is 0 Å². The number of para-hydroxylation sites is 1. The Kier molecular flexibility index (Phi) is 5.88. The number of aromatic amines is 1. The van der Waals surface area contributed by atoms with Crippen LogP contribution in [0.2, 0.25) is 0 Å². The molecule has 190 valence electrons. The lowest BCUT2D eigenvalue weighted by atomic mass is 9.75. The van der Waals surface area contributed by atoms with E-state index in [1.165, 1.54) is 12.1 Å². The fourth-order valence-corrected chi connectivity index (χ4v) is 5.48. The summed E-state index contributed by atoms with van der Waals surface area (Å²) in [6.45, 7) is 9.87. The SMILES string of the molecule is Cc1cc(-c2cccc3c(C)c[nH]c23)c(C#Cc2ccccc2C(F)(F)F)c2c1NC(C)(C)C(O)C2C. The van der Waals surface area contributed by atoms with Crippen LogP contribution in [0, 0.1) is 25.7 Å². The smallest absolute Gasteiger partial charge is 0.390 e. The summed E-state index contributed by atoms with van der Waals surface area (Å²) >= 11 is 0. The standard InChI is InChI=1S/C31H29F3N2O/c1-17-15-24(23-11-8-10-21-18(2)16-35-28(21)23)22(26-19(3)29(37)30(4,5)36-27(17)26)14-13-20-9-6-7-12-25(20)31(32,33)34/h6-12,15-16,19,29,35-37H,1-5H3. The molecule has 0 fully saturated rings. The van der Waals surface area contributed by atoms with Gasteiger partial charge < -0.3 is 15.4 Å². The number of benzene rings is 3. The van der Waals surface area contributed by atoms with Crippen molar-refractivity contribution in [3.05, 3.63) is 88.1 Å². The Hall–Kier alpha value is -3.69. The average molecular weight is 503 g/mol. The Morgan fingerprint density at radius 3 is 2.41 bits per heavy atom. The van der Waals surface area contributed by atoms with Gasteiger partial charge in [0.15, 0.2) is 0 Å². The Balaban J connectivity index is 1.84. The summed E-state index contributed by atoms with van der Waals surface area (Å²) in [5, 5.41) is 15.7. The summed E-state index contributed by atoms with van der Waals surface area (Å²) in [5.41, 5.74) is 5.64. The molecule has 0 saturated carbocycles. The average Bonchev–Trinajstić information content (AvgIpc) is 3.23. The molecule has 0 saturated heterocycles. The molecule has 0 radical (unpaired) electrons. The topological polar surface area (TPSA) is 48.0 Å². The second-order valence-electron chi connectivity index (χ2n) is 10.5. The lowest BCUT2D eigenvalue weighted by Gasteiger charge is -2.43. The van der Waals surface area contributed by atoms with E-state index in [1.54, 1.807) is 6.07 Å². The van der Waals surface area contributed by atoms with Crippen LogP contribution in [-0.2, 0) is 6.18 Å². The number of aliphatic hydroxyl groups excluding tert-OH is 1. The third-order valence-electron chi connectivity index (χ3n) is 7.45. The molecular weight excluding hydrogens is 473 g/mol. The Morgan fingerprint density at radius 1 is 0.946 bits per heavy atom. The van der Waals surface area contributed by atoms with E-state index < -0.39 is 23.4 Å². The van der Waals surface area contributed by atoms with Crippen LogP contribution in [0.5, 0.6) is 0 Å². The number of aromatic nitrogens is 1. The molecule has 0 amide bonds. The number of alkyl halides is 3. The molecule has 2 atom stereocenters. The number of nitrogens with one attached hydrogen (secondary N) is 2. The number of halogens is 3. The van der Waals surface area contributed by atoms with Crippen molar-refractivity contribution in [3.63, 3.8) is 0 Å². The summed E-state index contributed by atoms with van der Waals surface area (Å²) in [6.07, 6.45) is -3.29. The number of anilines is 1. The lowest BCUT2D eigenvalue weighted by molar-refractivity contribution is -0.137. The molecule has 1 aliphatic heterocycles. The van der Waals surface area contributed by atoms with Crippen molar-refractivity contribution in [1.82, 2.24) is 4.98 Å². The second kappa shape index (κ2) is 8.71. The third kappa shape index (κ3) is 4.18. The van der Waals surface area contributed by atoms with Crippen molar-refractivity contribution in [1.29, 1.82) is 0 Å². The highest BCUT2D eigenvalue weighted by molar-refractivity contribution is 5.98. The molecule has 0 bridgehead atoms. The van der Waals surface area contributed by atoms with E-state index in [0.717, 1.165) is 50.5 Å². The maximum atomic E-state index is 13.7. The number of rotatable bonds is 1. The largest absolute Gasteiger partial charge is 0.417 e. The fourth-order valence-electron chi connectivity index (χ4n) is 5.48. The number of fused-ring (bicyclic) bond motifs is 2. The third-order valence-corrected chi connectivity index (χ3v) is 7.45. The van der Waals surface area contributed by atoms with Crippen LogP contribution in [0.4, 0.5) is 18.9 Å². The number of hydrogen-bond acceptors (Lipinski definition) is 2. The summed E-state index contributed by atoms with van der Waals surface area (Å²) in [5.74, 6) is 5.67. The summed E-state index contributed by atoms with van der Waals surface area (Å²) in [6, 6.07) is 13.4. The van der Waals surface area contributed by atoms with E-state index in [9.17, 15) is 18.3 Å². The first-order valence-corrected chi connectivity index (χ1v) is 12.3. The predicted molar refractivity (Wildman–Crippen MR) is 143 cm³/mol. The first kappa shape index (κ1) is 25.0. The maximum absolute atomic E-state index is 13.7. The summed E-state index contributed by atoms with van der Waals surface area (Å²) in [4.78, 5) is 3.36. The minimum absolute atomic E-state index is 0.0819. The zero-order chi connectivity index (χ0) is 26.7. The van der Waals surface area contributed by atoms with Crippen LogP contribution < -0.4 is 5.32 Å². The molecule has 6 heteroatoms. The zero-order valence-corrected chi connectivity index (χ0v) is 21.4. The minimum atomic E-state index is -4.51. The number of aryl methyl sites for hydroxylation is 2. The van der Waals surface area contributed by atoms with Crippen molar-refractivity contribution < 1.29 is 18.3 Å². The zero-order valence-electron chi connectivity index (χ0n) is 21.4. The van der Waals surface area contributed by atoms with Crippen molar-refractivity contribution >= 4 is 16.6 Å². The Labute approximate surface area is 214 Å². The molecule has 1 aromatic heterocycles. The van der Waals surface area contributed by atoms with E-state index in [-0.39, 0.29) is 11.5 Å². The molecule has 2 heterocycles. The molecule has 4 aromatic rings. The van der Waals surface area contributed by atoms with E-state index in [1.807, 2.05) is 65.1 Å². The van der Waals surface area contributed by atoms with Gasteiger partial charge in [0.05, 0.1) is 22.7 Å². The van der Waals surface area contributed by atoms with Gasteiger partial charge in [-0.2, -0.15) is 13.2 Å². The van der Waals surface area contributed by atoms with Crippen molar-refractivity contribution in [2.75, 3.05) is 5.32 Å². The van der Waals surface area contributed by atoms with Gasteiger partial charge in [-0.15, -0.1) is 0 Å². The molecule has 5 rings (SSSR count). The lowest BCUT2D eigenvalue weighted by Crippen LogP contribution is -2.50. The van der Waals surface area contributed by atoms with Crippen molar-refractivity contribution in [2.45, 2.75) is 58.4 Å². The van der Waals surface area contributed by atoms with Gasteiger partial charge in [0.25, 0.3) is 0 Å². The fraction of sp³-hybridized carbons (Fsp3) is 0.290. The molecule has 3 N–H and O–H groups in total. The monoisotopic (exact) mass is 502 g/mol. The van der Waals surface area contributed by atoms with Gasteiger partial charge in [-0.25, -0.2) is 0 Å². The van der Waals surface area contributed by atoms with E-state index in [0.29, 0.717) is 5.56 Å². The first-order chi connectivity index (χ1) is 17.4. The van der Waals surface area contributed by atoms with Crippen LogP contribution in [0.1, 0.15) is 60.1 Å². The van der Waals surface area contributed by atoms with Gasteiger partial charge in [-0.05, 0) is 62.6 Å². The maximum Gasteiger partial charge on any atom is 0.417 e. The van der Waals surface area contributed by atoms with Gasteiger partial charge in [0.1, 0.15) is 0 Å². The molecule has 3 nitrogen and oxygen atoms in total. The van der Waals surface area contributed by atoms with Crippen LogP contribution in [0.15, 0.2) is 54.7 Å². The molecular formula is C31H29F3N2O. The van der Waals surface area contributed by atoms with Gasteiger partial charge in [0.2, 0.25) is 0 Å². The van der Waals surface area contributed by atoms with E-state index in [4.69, 9.17) is 0 Å². The van der Waals surface area contributed by atoms with E-state index >= 15 is 0 Å². The quantitative estimate of drug-likeness (QED) is 0.236. The highest BCUT2D eigenvalue weighted by Crippen LogP contribution is 2.46. The van der Waals surface area contributed by atoms with Crippen LogP contribution >= 0.6 is 0 Å². The molecule has 37 heavy (non-hydrogen) atoms. The number of H-pyrrole nitrogens is 1. The molecule has 2 unspecified atom stereocenters. The van der Waals surface area contributed by atoms with Gasteiger partial charge in [0, 0.05) is 45.4 Å². The molecule has 3 aromatic carbocycles. The molecule has 1 aliphatic rings. The van der Waals surface area contributed by atoms with Crippen LogP contribution in [-0.4, -0.2) is 21.7 Å². The second-order valence-corrected chi connectivity index (χ2v) is 10.5. The predicted octanol–water partition coefficient (Wildman–Crippen LogP) is 7.54. The van der Waals surface area contributed by atoms with E-state index in [2.05, 4.69) is 22.1 Å². The van der Waals surface area contributed by atoms with Gasteiger partial charge in [-0.1, -0.05) is 49.1 Å². The molecule has 0 aliphatic carbocycles. The van der Waals surface area contributed by atoms with Gasteiger partial charge in [-0.3, -0.25) is 0 Å². The normalized spacial score (nSPS) is 18.6. The highest BCUT2D eigenvalue weighted by Gasteiger charge is 2.41. The minimum Gasteiger partial charge on any atom is -0.390 e. The van der Waals surface area contributed by atoms with Gasteiger partial charge >= 0.3 is 6.18 Å². The molecule has 0 spiro atoms. The van der Waals surface area contributed by atoms with Crippen LogP contribution in [0.25, 0.3) is 22.0 Å². The Morgan fingerprint density at radius 2 is 1.68 bits per heavy atom. The Bertz CT molecular complexity index is 1580. The number of hydrogen-bond donors (Lipinski definition) is 3.